The fourth-order valence-corrected chi connectivity index (χ4v) is 10.0. The number of nitrogens with one attached hydrogen (secondary N) is 1. The van der Waals surface area contributed by atoms with Gasteiger partial charge in [-0.15, -0.1) is 0 Å². The molecule has 12 unspecified atom stereocenters. The molecule has 320 valence electrons. The summed E-state index contributed by atoms with van der Waals surface area (Å²) in [6.45, 7) is 15.0. The molecule has 4 N–H and O–H groups in total. The summed E-state index contributed by atoms with van der Waals surface area (Å²) in [6.07, 6.45) is -8.38. The van der Waals surface area contributed by atoms with E-state index in [1.165, 1.54) is 13.8 Å². The molecule has 16 nitrogen and oxygen atoms in total. The van der Waals surface area contributed by atoms with Crippen LogP contribution in [-0.4, -0.2) is 117 Å². The summed E-state index contributed by atoms with van der Waals surface area (Å²) < 4.78 is 35.5. The Bertz CT molecular complexity index is 1670. The van der Waals surface area contributed by atoms with E-state index in [2.05, 4.69) is 5.32 Å². The predicted molar refractivity (Wildman–Crippen MR) is 199 cm³/mol. The average molecular weight is 808 g/mol. The topological polar surface area (TPSA) is 231 Å². The minimum absolute atomic E-state index is 0.0416. The maximum atomic E-state index is 15.3. The predicted octanol–water partition coefficient (Wildman–Crippen LogP) is 3.13. The van der Waals surface area contributed by atoms with Gasteiger partial charge in [0.15, 0.2) is 23.6 Å². The number of aliphatic hydroxyl groups excluding tert-OH is 2. The Morgan fingerprint density at radius 3 is 2.18 bits per heavy atom. The standard InChI is InChI=1S/C41H61NO15/c1-20-14-12-11-13-15-24(42-36(50)57-37(5,6)7)30(47)35(49)54-25-18-41(51)34(55-28(46)16-20)32-39(10,26(45)17-27-40(32,19-52-27)56-23(4)44)33(48)31(53-22(3)43)29(21(25)2)38(41,8)9/h20,24-27,30-32,34,45,47,51H,11-19H2,1-10H3,(H,42,50). The number of aliphatic hydroxyl groups is 3. The molecule has 5 rings (SSSR count). The number of alkyl carbamates (subject to hydrolysis) is 1. The number of fused-ring (bicyclic) bond motifs is 6. The fraction of sp³-hybridized carbons (Fsp3) is 0.805. The SMILES string of the molecule is CC(=O)OC1C(=O)C2(C)C(O)CC3OCC3(OC(C)=O)C2C2OC(=O)CC(C)CCCCCC(NC(=O)OC(C)(C)C)C(O)C(=O)OC3CC2(O)C(C)(C)C1=C3C. The molecule has 0 aromatic rings. The Kier molecular flexibility index (Phi) is 12.4. The molecule has 16 heteroatoms. The number of ether oxygens (including phenoxy) is 6. The van der Waals surface area contributed by atoms with Crippen molar-refractivity contribution in [1.29, 1.82) is 0 Å². The Labute approximate surface area is 333 Å². The lowest BCUT2D eigenvalue weighted by Crippen LogP contribution is -2.82. The van der Waals surface area contributed by atoms with Gasteiger partial charge in [0.2, 0.25) is 0 Å². The molecule has 3 bridgehead atoms. The first kappa shape index (κ1) is 44.5. The zero-order valence-electron chi connectivity index (χ0n) is 34.8. The van der Waals surface area contributed by atoms with Gasteiger partial charge in [-0.1, -0.05) is 46.5 Å². The second kappa shape index (κ2) is 15.9. The van der Waals surface area contributed by atoms with E-state index in [0.29, 0.717) is 25.7 Å². The number of carbonyl (C=O) groups is 6. The van der Waals surface area contributed by atoms with Crippen molar-refractivity contribution in [2.45, 2.75) is 180 Å². The Morgan fingerprint density at radius 2 is 1.60 bits per heavy atom. The highest BCUT2D eigenvalue weighted by Gasteiger charge is 2.78. The maximum Gasteiger partial charge on any atom is 0.407 e. The van der Waals surface area contributed by atoms with Crippen LogP contribution in [0.1, 0.15) is 121 Å². The van der Waals surface area contributed by atoms with Gasteiger partial charge in [-0.25, -0.2) is 9.59 Å². The molecule has 4 fully saturated rings. The van der Waals surface area contributed by atoms with E-state index in [4.69, 9.17) is 28.4 Å². The van der Waals surface area contributed by atoms with E-state index in [1.54, 1.807) is 41.5 Å². The van der Waals surface area contributed by atoms with E-state index in [9.17, 15) is 39.3 Å². The molecule has 2 aliphatic heterocycles. The molecule has 2 heterocycles. The minimum Gasteiger partial charge on any atom is -0.459 e. The van der Waals surface area contributed by atoms with Gasteiger partial charge in [0, 0.05) is 38.5 Å². The van der Waals surface area contributed by atoms with Gasteiger partial charge in [-0.05, 0) is 58.1 Å². The van der Waals surface area contributed by atoms with Crippen LogP contribution in [0.15, 0.2) is 11.1 Å². The van der Waals surface area contributed by atoms with Gasteiger partial charge < -0.3 is 49.1 Å². The molecule has 5 aliphatic rings. The first-order chi connectivity index (χ1) is 26.3. The number of ketones is 1. The van der Waals surface area contributed by atoms with E-state index >= 15 is 4.79 Å². The van der Waals surface area contributed by atoms with Crippen molar-refractivity contribution in [3.8, 4) is 0 Å². The Morgan fingerprint density at radius 1 is 0.947 bits per heavy atom. The summed E-state index contributed by atoms with van der Waals surface area (Å²) in [5.74, 6) is -6.01. The summed E-state index contributed by atoms with van der Waals surface area (Å²) in [4.78, 5) is 82.1. The molecule has 0 spiro atoms. The number of Topliss-reactive ketones (excluding diaryl/α,β-unsaturated/α-hetero) is 1. The van der Waals surface area contributed by atoms with Crippen LogP contribution in [0.4, 0.5) is 4.79 Å². The number of hydrogen-bond donors (Lipinski definition) is 4. The normalized spacial score (nSPS) is 40.0. The van der Waals surface area contributed by atoms with Crippen LogP contribution in [0.25, 0.3) is 0 Å². The van der Waals surface area contributed by atoms with Crippen LogP contribution in [0.5, 0.6) is 0 Å². The fourth-order valence-electron chi connectivity index (χ4n) is 10.0. The molecule has 1 amide bonds. The number of hydrogen-bond acceptors (Lipinski definition) is 15. The van der Waals surface area contributed by atoms with E-state index < -0.39 is 118 Å². The van der Waals surface area contributed by atoms with E-state index in [0.717, 1.165) is 6.92 Å². The van der Waals surface area contributed by atoms with Crippen LogP contribution < -0.4 is 5.32 Å². The van der Waals surface area contributed by atoms with Gasteiger partial charge in [0.1, 0.15) is 29.5 Å². The number of rotatable bonds is 3. The first-order valence-electron chi connectivity index (χ1n) is 20.0. The molecule has 2 saturated heterocycles. The molecule has 12 atom stereocenters. The van der Waals surface area contributed by atoms with Crippen LogP contribution in [0, 0.1) is 22.7 Å². The van der Waals surface area contributed by atoms with Gasteiger partial charge in [0.25, 0.3) is 0 Å². The van der Waals surface area contributed by atoms with E-state index in [-0.39, 0.29) is 42.9 Å². The van der Waals surface area contributed by atoms with Gasteiger partial charge >= 0.3 is 30.0 Å². The second-order valence-electron chi connectivity index (χ2n) is 18.5. The Hall–Kier alpha value is -3.60. The molecule has 3 aliphatic carbocycles. The van der Waals surface area contributed by atoms with Crippen LogP contribution in [0.2, 0.25) is 0 Å². The highest BCUT2D eigenvalue weighted by molar-refractivity contribution is 5.95. The highest BCUT2D eigenvalue weighted by Crippen LogP contribution is 2.64. The molecular weight excluding hydrogens is 746 g/mol. The first-order valence-corrected chi connectivity index (χ1v) is 20.0. The van der Waals surface area contributed by atoms with Crippen molar-refractivity contribution >= 4 is 35.8 Å². The lowest BCUT2D eigenvalue weighted by molar-refractivity contribution is -0.347. The number of amides is 1. The summed E-state index contributed by atoms with van der Waals surface area (Å²) in [5.41, 5.74) is -8.20. The molecular formula is C41H61NO15. The zero-order chi connectivity index (χ0) is 42.6. The van der Waals surface area contributed by atoms with Gasteiger partial charge in [-0.2, -0.15) is 0 Å². The zero-order valence-corrected chi connectivity index (χ0v) is 34.8. The van der Waals surface area contributed by atoms with E-state index in [1.807, 2.05) is 6.92 Å². The molecule has 0 radical (unpaired) electrons. The van der Waals surface area contributed by atoms with Gasteiger partial charge in [-0.3, -0.25) is 19.2 Å². The quantitative estimate of drug-likeness (QED) is 0.182. The largest absolute Gasteiger partial charge is 0.459 e. The highest BCUT2D eigenvalue weighted by atomic mass is 16.6. The lowest BCUT2D eigenvalue weighted by Gasteiger charge is -2.67. The average Bonchev–Trinajstić information content (AvgIpc) is 3.07. The van der Waals surface area contributed by atoms with Crippen molar-refractivity contribution in [3.05, 3.63) is 11.1 Å². The third kappa shape index (κ3) is 8.07. The lowest BCUT2D eigenvalue weighted by atomic mass is 9.44. The maximum absolute atomic E-state index is 15.3. The molecule has 0 aromatic heterocycles. The van der Waals surface area contributed by atoms with Crippen molar-refractivity contribution < 1.29 is 72.5 Å². The van der Waals surface area contributed by atoms with Crippen LogP contribution >= 0.6 is 0 Å². The number of carbonyl (C=O) groups excluding carboxylic acids is 6. The molecule has 0 aromatic carbocycles. The second-order valence-corrected chi connectivity index (χ2v) is 18.5. The van der Waals surface area contributed by atoms with Crippen molar-refractivity contribution in [2.24, 2.45) is 22.7 Å². The summed E-state index contributed by atoms with van der Waals surface area (Å²) >= 11 is 0. The third-order valence-corrected chi connectivity index (χ3v) is 13.0. The van der Waals surface area contributed by atoms with Crippen molar-refractivity contribution in [3.63, 3.8) is 0 Å². The molecule has 2 saturated carbocycles. The summed E-state index contributed by atoms with van der Waals surface area (Å²) in [6, 6.07) is -1.14. The molecule has 57 heavy (non-hydrogen) atoms. The van der Waals surface area contributed by atoms with Crippen molar-refractivity contribution in [2.75, 3.05) is 6.61 Å². The van der Waals surface area contributed by atoms with Gasteiger partial charge in [0.05, 0.1) is 30.1 Å². The minimum atomic E-state index is -2.30. The van der Waals surface area contributed by atoms with Crippen molar-refractivity contribution in [1.82, 2.24) is 5.32 Å². The Balaban J connectivity index is 1.75. The number of esters is 4. The smallest absolute Gasteiger partial charge is 0.407 e. The third-order valence-electron chi connectivity index (χ3n) is 13.0. The summed E-state index contributed by atoms with van der Waals surface area (Å²) in [7, 11) is 0. The van der Waals surface area contributed by atoms with Crippen LogP contribution in [0.3, 0.4) is 0 Å². The van der Waals surface area contributed by atoms with Crippen LogP contribution in [-0.2, 0) is 52.4 Å². The monoisotopic (exact) mass is 807 g/mol. The summed E-state index contributed by atoms with van der Waals surface area (Å²) in [5, 5.41) is 39.6.